The number of halogens is 1. The van der Waals surface area contributed by atoms with Crippen molar-refractivity contribution >= 4 is 0 Å². The molecule has 0 radical (unpaired) electrons. The molecule has 0 bridgehead atoms. The molecule has 0 spiro atoms. The van der Waals surface area contributed by atoms with Gasteiger partial charge in [0.2, 0.25) is 0 Å². The van der Waals surface area contributed by atoms with E-state index in [1.165, 1.54) is 18.6 Å². The van der Waals surface area contributed by atoms with Crippen LogP contribution in [0.3, 0.4) is 0 Å². The average Bonchev–Trinajstić information content (AvgIpc) is 2.39. The van der Waals surface area contributed by atoms with E-state index < -0.39 is 0 Å². The molecular formula is C14H17FN2O. The topological polar surface area (TPSA) is 45.0 Å². The highest BCUT2D eigenvalue weighted by Crippen LogP contribution is 2.12. The molecule has 3 nitrogen and oxygen atoms in total. The highest BCUT2D eigenvalue weighted by atomic mass is 19.1. The number of hydrogen-bond donors (Lipinski definition) is 1. The maximum atomic E-state index is 13.2. The van der Waals surface area contributed by atoms with Crippen molar-refractivity contribution in [3.05, 3.63) is 35.1 Å². The Hall–Kier alpha value is -1.44. The van der Waals surface area contributed by atoms with Crippen LogP contribution in [-0.2, 0) is 11.3 Å². The van der Waals surface area contributed by atoms with Crippen LogP contribution >= 0.6 is 0 Å². The Morgan fingerprint density at radius 3 is 3.00 bits per heavy atom. The first kappa shape index (κ1) is 13.0. The number of benzene rings is 1. The van der Waals surface area contributed by atoms with E-state index in [-0.39, 0.29) is 11.9 Å². The highest BCUT2D eigenvalue weighted by molar-refractivity contribution is 5.33. The number of ether oxygens (including phenoxy) is 1. The summed E-state index contributed by atoms with van der Waals surface area (Å²) in [7, 11) is 0. The molecule has 4 heteroatoms. The standard InChI is InChI=1S/C14H17FN2O/c15-13-6-11(8-16)5-12(7-13)9-17-10-14-3-1-2-4-18-14/h5-7,14,17H,1-4,9-10H2. The van der Waals surface area contributed by atoms with E-state index in [0.717, 1.165) is 31.6 Å². The Balaban J connectivity index is 1.82. The summed E-state index contributed by atoms with van der Waals surface area (Å²) in [5.41, 5.74) is 1.16. The smallest absolute Gasteiger partial charge is 0.124 e. The van der Waals surface area contributed by atoms with Crippen LogP contribution in [0.2, 0.25) is 0 Å². The summed E-state index contributed by atoms with van der Waals surface area (Å²) in [6.45, 7) is 2.18. The summed E-state index contributed by atoms with van der Waals surface area (Å²) in [5.74, 6) is -0.361. The first-order valence-corrected chi connectivity index (χ1v) is 6.30. The second-order valence-electron chi connectivity index (χ2n) is 4.58. The van der Waals surface area contributed by atoms with Crippen LogP contribution in [-0.4, -0.2) is 19.3 Å². The van der Waals surface area contributed by atoms with Crippen molar-refractivity contribution in [1.29, 1.82) is 5.26 Å². The van der Waals surface area contributed by atoms with E-state index in [2.05, 4.69) is 5.32 Å². The first-order chi connectivity index (χ1) is 8.78. The maximum absolute atomic E-state index is 13.2. The van der Waals surface area contributed by atoms with Gasteiger partial charge in [0, 0.05) is 19.7 Å². The van der Waals surface area contributed by atoms with Crippen LogP contribution in [0.1, 0.15) is 30.4 Å². The van der Waals surface area contributed by atoms with Crippen LogP contribution in [0.5, 0.6) is 0 Å². The molecule has 1 aromatic rings. The lowest BCUT2D eigenvalue weighted by atomic mass is 10.1. The lowest BCUT2D eigenvalue weighted by molar-refractivity contribution is 0.0168. The van der Waals surface area contributed by atoms with Crippen LogP contribution in [0.15, 0.2) is 18.2 Å². The summed E-state index contributed by atoms with van der Waals surface area (Å²) < 4.78 is 18.8. The van der Waals surface area contributed by atoms with Crippen molar-refractivity contribution in [3.63, 3.8) is 0 Å². The van der Waals surface area contributed by atoms with Gasteiger partial charge in [-0.25, -0.2) is 4.39 Å². The number of nitrogens with zero attached hydrogens (tertiary/aromatic N) is 1. The molecule has 0 aliphatic carbocycles. The van der Waals surface area contributed by atoms with Crippen molar-refractivity contribution < 1.29 is 9.13 Å². The van der Waals surface area contributed by atoms with Crippen molar-refractivity contribution in [2.75, 3.05) is 13.2 Å². The van der Waals surface area contributed by atoms with Crippen LogP contribution in [0, 0.1) is 17.1 Å². The van der Waals surface area contributed by atoms with E-state index in [1.807, 2.05) is 6.07 Å². The molecule has 0 amide bonds. The van der Waals surface area contributed by atoms with Crippen LogP contribution in [0.4, 0.5) is 4.39 Å². The zero-order valence-corrected chi connectivity index (χ0v) is 10.3. The molecule has 0 aromatic heterocycles. The molecule has 2 rings (SSSR count). The van der Waals surface area contributed by atoms with Gasteiger partial charge in [-0.1, -0.05) is 0 Å². The van der Waals surface area contributed by atoms with Crippen LogP contribution in [0.25, 0.3) is 0 Å². The average molecular weight is 248 g/mol. The summed E-state index contributed by atoms with van der Waals surface area (Å²) in [4.78, 5) is 0. The normalized spacial score (nSPS) is 19.4. The zero-order chi connectivity index (χ0) is 12.8. The molecule has 1 unspecified atom stereocenters. The second kappa shape index (κ2) is 6.48. The number of hydrogen-bond acceptors (Lipinski definition) is 3. The van der Waals surface area contributed by atoms with E-state index in [0.29, 0.717) is 12.1 Å². The summed E-state index contributed by atoms with van der Waals surface area (Å²) in [6.07, 6.45) is 3.71. The van der Waals surface area contributed by atoms with E-state index in [4.69, 9.17) is 10.00 Å². The molecule has 1 saturated heterocycles. The summed E-state index contributed by atoms with van der Waals surface area (Å²) in [6, 6.07) is 6.36. The monoisotopic (exact) mass is 248 g/mol. The Kier molecular flexibility index (Phi) is 4.68. The zero-order valence-electron chi connectivity index (χ0n) is 10.3. The highest BCUT2D eigenvalue weighted by Gasteiger charge is 2.12. The van der Waals surface area contributed by atoms with E-state index in [1.54, 1.807) is 6.07 Å². The molecule has 1 N–H and O–H groups in total. The van der Waals surface area contributed by atoms with Gasteiger partial charge >= 0.3 is 0 Å². The second-order valence-corrected chi connectivity index (χ2v) is 4.58. The number of nitrogens with one attached hydrogen (secondary N) is 1. The molecule has 96 valence electrons. The molecule has 0 saturated carbocycles. The molecule has 1 atom stereocenters. The van der Waals surface area contributed by atoms with Gasteiger partial charge in [-0.15, -0.1) is 0 Å². The van der Waals surface area contributed by atoms with Gasteiger partial charge in [0.15, 0.2) is 0 Å². The molecule has 1 fully saturated rings. The maximum Gasteiger partial charge on any atom is 0.124 e. The van der Waals surface area contributed by atoms with Gasteiger partial charge in [-0.3, -0.25) is 0 Å². The van der Waals surface area contributed by atoms with Crippen molar-refractivity contribution in [2.24, 2.45) is 0 Å². The van der Waals surface area contributed by atoms with Gasteiger partial charge in [0.1, 0.15) is 5.82 Å². The lowest BCUT2D eigenvalue weighted by Gasteiger charge is -2.22. The Morgan fingerprint density at radius 1 is 1.39 bits per heavy atom. The lowest BCUT2D eigenvalue weighted by Crippen LogP contribution is -2.31. The van der Waals surface area contributed by atoms with Crippen molar-refractivity contribution in [3.8, 4) is 6.07 Å². The molecular weight excluding hydrogens is 231 g/mol. The van der Waals surface area contributed by atoms with E-state index >= 15 is 0 Å². The summed E-state index contributed by atoms with van der Waals surface area (Å²) >= 11 is 0. The van der Waals surface area contributed by atoms with Gasteiger partial charge < -0.3 is 10.1 Å². The Morgan fingerprint density at radius 2 is 2.28 bits per heavy atom. The molecule has 1 aliphatic heterocycles. The van der Waals surface area contributed by atoms with E-state index in [9.17, 15) is 4.39 Å². The quantitative estimate of drug-likeness (QED) is 0.889. The third kappa shape index (κ3) is 3.80. The van der Waals surface area contributed by atoms with Gasteiger partial charge in [0.25, 0.3) is 0 Å². The minimum absolute atomic E-state index is 0.266. The fraction of sp³-hybridized carbons (Fsp3) is 0.500. The molecule has 18 heavy (non-hydrogen) atoms. The predicted octanol–water partition coefficient (Wildman–Crippen LogP) is 2.36. The fourth-order valence-corrected chi connectivity index (χ4v) is 2.16. The Labute approximate surface area is 107 Å². The Bertz CT molecular complexity index is 436. The first-order valence-electron chi connectivity index (χ1n) is 6.30. The predicted molar refractivity (Wildman–Crippen MR) is 66.4 cm³/mol. The van der Waals surface area contributed by atoms with Gasteiger partial charge in [-0.05, 0) is 43.0 Å². The molecule has 1 aromatic carbocycles. The van der Waals surface area contributed by atoms with Crippen molar-refractivity contribution in [1.82, 2.24) is 5.32 Å². The van der Waals surface area contributed by atoms with Gasteiger partial charge in [-0.2, -0.15) is 5.26 Å². The fourth-order valence-electron chi connectivity index (χ4n) is 2.16. The summed E-state index contributed by atoms with van der Waals surface area (Å²) in [5, 5.41) is 12.0. The number of rotatable bonds is 4. The minimum atomic E-state index is -0.361. The van der Waals surface area contributed by atoms with Gasteiger partial charge in [0.05, 0.1) is 17.7 Å². The molecule has 1 aliphatic rings. The molecule has 1 heterocycles. The minimum Gasteiger partial charge on any atom is -0.377 e. The van der Waals surface area contributed by atoms with Crippen molar-refractivity contribution in [2.45, 2.75) is 31.9 Å². The third-order valence-electron chi connectivity index (χ3n) is 3.06. The van der Waals surface area contributed by atoms with Crippen LogP contribution < -0.4 is 5.32 Å². The third-order valence-corrected chi connectivity index (χ3v) is 3.06. The SMILES string of the molecule is N#Cc1cc(F)cc(CNCC2CCCCO2)c1. The number of nitriles is 1. The largest absolute Gasteiger partial charge is 0.377 e.